The van der Waals surface area contributed by atoms with Crippen LogP contribution in [-0.4, -0.2) is 52.4 Å². The maximum absolute atomic E-state index is 10.8. The van der Waals surface area contributed by atoms with Crippen LogP contribution < -0.4 is 4.74 Å². The van der Waals surface area contributed by atoms with Gasteiger partial charge in [0, 0.05) is 24.8 Å². The molecule has 3 rings (SSSR count). The van der Waals surface area contributed by atoms with Crippen molar-refractivity contribution in [2.45, 2.75) is 12.5 Å². The van der Waals surface area contributed by atoms with Crippen LogP contribution in [0, 0.1) is 0 Å². The summed E-state index contributed by atoms with van der Waals surface area (Å²) in [6.07, 6.45) is 6.72. The molecular weight excluding hydrogens is 268 g/mol. The second-order valence-electron chi connectivity index (χ2n) is 5.13. The Hall–Kier alpha value is -2.34. The molecule has 6 nitrogen and oxygen atoms in total. The van der Waals surface area contributed by atoms with Crippen molar-refractivity contribution in [3.63, 3.8) is 0 Å². The highest BCUT2D eigenvalue weighted by molar-refractivity contribution is 5.76. The topological polar surface area (TPSA) is 68.2 Å². The fourth-order valence-corrected chi connectivity index (χ4v) is 2.35. The zero-order valence-corrected chi connectivity index (χ0v) is 11.8. The molecule has 0 amide bonds. The van der Waals surface area contributed by atoms with E-state index in [9.17, 15) is 4.79 Å². The zero-order valence-electron chi connectivity index (χ0n) is 11.8. The largest absolute Gasteiger partial charge is 0.472 e. The van der Waals surface area contributed by atoms with Crippen molar-refractivity contribution in [3.05, 3.63) is 36.3 Å². The van der Waals surface area contributed by atoms with Crippen LogP contribution in [0.15, 0.2) is 30.7 Å². The van der Waals surface area contributed by atoms with Gasteiger partial charge in [0.1, 0.15) is 18.1 Å². The summed E-state index contributed by atoms with van der Waals surface area (Å²) in [7, 11) is 2.07. The van der Waals surface area contributed by atoms with Crippen LogP contribution in [-0.2, 0) is 0 Å². The molecule has 0 radical (unpaired) electrons. The third-order valence-corrected chi connectivity index (χ3v) is 3.43. The Morgan fingerprint density at radius 1 is 1.38 bits per heavy atom. The highest BCUT2D eigenvalue weighted by atomic mass is 16.5. The first-order valence-corrected chi connectivity index (χ1v) is 6.83. The lowest BCUT2D eigenvalue weighted by Gasteiger charge is -2.13. The smallest absolute Gasteiger partial charge is 0.233 e. The molecule has 1 saturated heterocycles. The first-order chi connectivity index (χ1) is 10.2. The summed E-state index contributed by atoms with van der Waals surface area (Å²) in [4.78, 5) is 25.8. The second-order valence-corrected chi connectivity index (χ2v) is 5.13. The van der Waals surface area contributed by atoms with E-state index in [1.165, 1.54) is 0 Å². The van der Waals surface area contributed by atoms with E-state index in [0.717, 1.165) is 25.8 Å². The molecule has 1 unspecified atom stereocenters. The number of pyridine rings is 1. The molecule has 21 heavy (non-hydrogen) atoms. The number of carbonyl (C=O) groups excluding carboxylic acids is 1. The molecule has 0 spiro atoms. The summed E-state index contributed by atoms with van der Waals surface area (Å²) < 4.78 is 5.85. The molecule has 1 aliphatic heterocycles. The monoisotopic (exact) mass is 284 g/mol. The lowest BCUT2D eigenvalue weighted by Crippen LogP contribution is -2.21. The molecule has 1 atom stereocenters. The van der Waals surface area contributed by atoms with Gasteiger partial charge in [-0.15, -0.1) is 0 Å². The molecule has 0 aliphatic carbocycles. The van der Waals surface area contributed by atoms with Crippen molar-refractivity contribution < 1.29 is 9.53 Å². The summed E-state index contributed by atoms with van der Waals surface area (Å²) >= 11 is 0. The van der Waals surface area contributed by atoms with E-state index in [1.54, 1.807) is 30.7 Å². The molecule has 0 aromatic carbocycles. The number of nitrogens with zero attached hydrogens (tertiary/aromatic N) is 4. The van der Waals surface area contributed by atoms with Crippen LogP contribution in [0.2, 0.25) is 0 Å². The van der Waals surface area contributed by atoms with Crippen LogP contribution in [0.1, 0.15) is 16.8 Å². The van der Waals surface area contributed by atoms with Crippen molar-refractivity contribution >= 4 is 6.29 Å². The Bertz CT molecular complexity index is 647. The maximum atomic E-state index is 10.8. The fourth-order valence-electron chi connectivity index (χ4n) is 2.35. The Morgan fingerprint density at radius 3 is 3.05 bits per heavy atom. The van der Waals surface area contributed by atoms with E-state index >= 15 is 0 Å². The van der Waals surface area contributed by atoms with E-state index in [1.807, 2.05) is 0 Å². The molecule has 6 heteroatoms. The van der Waals surface area contributed by atoms with Gasteiger partial charge >= 0.3 is 0 Å². The van der Waals surface area contributed by atoms with Gasteiger partial charge in [0.25, 0.3) is 0 Å². The van der Waals surface area contributed by atoms with Gasteiger partial charge in [-0.3, -0.25) is 14.8 Å². The fraction of sp³-hybridized carbons (Fsp3) is 0.333. The Balaban J connectivity index is 1.80. The van der Waals surface area contributed by atoms with Crippen LogP contribution in [0.4, 0.5) is 0 Å². The van der Waals surface area contributed by atoms with Gasteiger partial charge in [0.15, 0.2) is 0 Å². The molecule has 0 bridgehead atoms. The number of hydrogen-bond acceptors (Lipinski definition) is 6. The van der Waals surface area contributed by atoms with Crippen molar-refractivity contribution in [2.75, 3.05) is 20.1 Å². The van der Waals surface area contributed by atoms with E-state index in [2.05, 4.69) is 26.9 Å². The predicted molar refractivity (Wildman–Crippen MR) is 77.2 cm³/mol. The quantitative estimate of drug-likeness (QED) is 0.791. The minimum atomic E-state index is 0.147. The number of carbonyl (C=O) groups is 1. The van der Waals surface area contributed by atoms with Crippen LogP contribution >= 0.6 is 0 Å². The lowest BCUT2D eigenvalue weighted by molar-refractivity contribution is 0.112. The zero-order chi connectivity index (χ0) is 14.7. The van der Waals surface area contributed by atoms with Gasteiger partial charge in [-0.25, -0.2) is 4.98 Å². The van der Waals surface area contributed by atoms with Gasteiger partial charge in [0.05, 0.1) is 18.1 Å². The number of hydrogen-bond donors (Lipinski definition) is 0. The second kappa shape index (κ2) is 5.97. The Morgan fingerprint density at radius 2 is 2.29 bits per heavy atom. The summed E-state index contributed by atoms with van der Waals surface area (Å²) in [5, 5.41) is 0. The molecule has 0 N–H and O–H groups in total. The number of likely N-dealkylation sites (N-methyl/N-ethyl adjacent to an activating group) is 1. The molecule has 1 aliphatic rings. The van der Waals surface area contributed by atoms with Gasteiger partial charge in [-0.05, 0) is 25.6 Å². The molecule has 1 fully saturated rings. The van der Waals surface area contributed by atoms with E-state index in [0.29, 0.717) is 22.8 Å². The third kappa shape index (κ3) is 3.22. The van der Waals surface area contributed by atoms with Gasteiger partial charge in [0.2, 0.25) is 5.88 Å². The number of rotatable bonds is 4. The van der Waals surface area contributed by atoms with Crippen molar-refractivity contribution in [2.24, 2.45) is 0 Å². The molecule has 108 valence electrons. The average Bonchev–Trinajstić information content (AvgIpc) is 2.93. The third-order valence-electron chi connectivity index (χ3n) is 3.43. The first-order valence-electron chi connectivity index (χ1n) is 6.83. The molecule has 3 heterocycles. The van der Waals surface area contributed by atoms with Gasteiger partial charge < -0.3 is 9.64 Å². The van der Waals surface area contributed by atoms with Crippen LogP contribution in [0.3, 0.4) is 0 Å². The lowest BCUT2D eigenvalue weighted by atomic mass is 10.2. The molecule has 0 saturated carbocycles. The number of ether oxygens (including phenoxy) is 1. The summed E-state index contributed by atoms with van der Waals surface area (Å²) in [6.45, 7) is 1.92. The highest BCUT2D eigenvalue weighted by Crippen LogP contribution is 2.19. The molecule has 2 aromatic rings. The van der Waals surface area contributed by atoms with Gasteiger partial charge in [-0.2, -0.15) is 0 Å². The normalized spacial score (nSPS) is 18.6. The summed E-state index contributed by atoms with van der Waals surface area (Å²) in [6, 6.07) is 3.34. The van der Waals surface area contributed by atoms with Crippen molar-refractivity contribution in [3.8, 4) is 17.3 Å². The minimum absolute atomic E-state index is 0.147. The highest BCUT2D eigenvalue weighted by Gasteiger charge is 2.21. The number of aldehydes is 1. The Labute approximate surface area is 122 Å². The maximum Gasteiger partial charge on any atom is 0.233 e. The molecular formula is C15H16N4O2. The number of likely N-dealkylation sites (tertiary alicyclic amines) is 1. The average molecular weight is 284 g/mol. The van der Waals surface area contributed by atoms with Gasteiger partial charge in [-0.1, -0.05) is 0 Å². The number of aromatic nitrogens is 3. The first kappa shape index (κ1) is 13.6. The van der Waals surface area contributed by atoms with Crippen molar-refractivity contribution in [1.29, 1.82) is 0 Å². The SMILES string of the molecule is CN1CCC(Oc2cncc(-c3cc(C=O)ccn3)n2)C1. The van der Waals surface area contributed by atoms with Crippen LogP contribution in [0.25, 0.3) is 11.4 Å². The Kier molecular flexibility index (Phi) is 3.87. The summed E-state index contributed by atoms with van der Waals surface area (Å²) in [5.41, 5.74) is 1.77. The molecule has 2 aromatic heterocycles. The van der Waals surface area contributed by atoms with E-state index in [4.69, 9.17) is 4.74 Å². The predicted octanol–water partition coefficient (Wildman–Crippen LogP) is 1.43. The summed E-state index contributed by atoms with van der Waals surface area (Å²) in [5.74, 6) is 0.492. The minimum Gasteiger partial charge on any atom is -0.472 e. The van der Waals surface area contributed by atoms with Crippen LogP contribution in [0.5, 0.6) is 5.88 Å². The standard InChI is InChI=1S/C15H16N4O2/c1-19-5-3-12(9-19)21-15-8-16-7-14(18-15)13-6-11(10-20)2-4-17-13/h2,4,6-8,10,12H,3,5,9H2,1H3. The van der Waals surface area contributed by atoms with E-state index < -0.39 is 0 Å². The van der Waals surface area contributed by atoms with Crippen molar-refractivity contribution in [1.82, 2.24) is 19.9 Å². The van der Waals surface area contributed by atoms with E-state index in [-0.39, 0.29) is 6.10 Å².